The van der Waals surface area contributed by atoms with Crippen LogP contribution in [-0.4, -0.2) is 34.5 Å². The van der Waals surface area contributed by atoms with Gasteiger partial charge in [-0.05, 0) is 60.4 Å². The van der Waals surface area contributed by atoms with E-state index in [4.69, 9.17) is 11.6 Å². The Morgan fingerprint density at radius 2 is 1.56 bits per heavy atom. The Labute approximate surface area is 202 Å². The van der Waals surface area contributed by atoms with Gasteiger partial charge < -0.3 is 20.1 Å². The van der Waals surface area contributed by atoms with Crippen LogP contribution in [0, 0.1) is 5.92 Å². The third-order valence-corrected chi connectivity index (χ3v) is 6.74. The summed E-state index contributed by atoms with van der Waals surface area (Å²) in [7, 11) is 0. The Morgan fingerprint density at radius 1 is 0.882 bits per heavy atom. The second kappa shape index (κ2) is 8.99. The highest BCUT2D eigenvalue weighted by Gasteiger charge is 2.37. The lowest BCUT2D eigenvalue weighted by molar-refractivity contribution is -0.114. The number of pyridine rings is 1. The molecule has 1 aromatic heterocycles. The van der Waals surface area contributed by atoms with E-state index in [2.05, 4.69) is 10.6 Å². The molecule has 5 rings (SSSR count). The highest BCUT2D eigenvalue weighted by atomic mass is 35.5. The number of hydrogen-bond donors (Lipinski definition) is 2. The van der Waals surface area contributed by atoms with Crippen LogP contribution in [0.4, 0.5) is 16.2 Å². The van der Waals surface area contributed by atoms with Gasteiger partial charge in [0.25, 0.3) is 5.56 Å². The van der Waals surface area contributed by atoms with Gasteiger partial charge in [-0.2, -0.15) is 0 Å². The number of nitrogens with one attached hydrogen (secondary N) is 2. The van der Waals surface area contributed by atoms with Crippen LogP contribution in [0.2, 0.25) is 5.02 Å². The van der Waals surface area contributed by atoms with E-state index in [1.165, 1.54) is 6.92 Å². The van der Waals surface area contributed by atoms with Crippen molar-refractivity contribution in [3.05, 3.63) is 81.7 Å². The third kappa shape index (κ3) is 4.43. The normalized spacial score (nSPS) is 18.7. The number of anilines is 2. The zero-order chi connectivity index (χ0) is 23.8. The molecule has 2 aliphatic heterocycles. The highest BCUT2D eigenvalue weighted by Crippen LogP contribution is 2.40. The van der Waals surface area contributed by atoms with Crippen LogP contribution in [0.15, 0.2) is 65.5 Å². The third-order valence-electron chi connectivity index (χ3n) is 6.49. The zero-order valence-electron chi connectivity index (χ0n) is 18.8. The van der Waals surface area contributed by atoms with Crippen molar-refractivity contribution >= 4 is 34.9 Å². The Kier molecular flexibility index (Phi) is 5.87. The molecule has 3 aromatic rings. The molecule has 34 heavy (non-hydrogen) atoms. The topological polar surface area (TPSA) is 83.4 Å². The van der Waals surface area contributed by atoms with Crippen molar-refractivity contribution in [3.8, 4) is 11.1 Å². The smallest absolute Gasteiger partial charge is 0.321 e. The molecule has 0 unspecified atom stereocenters. The molecule has 2 aliphatic rings. The Balaban J connectivity index is 1.43. The second-order valence-electron chi connectivity index (χ2n) is 8.98. The van der Waals surface area contributed by atoms with E-state index < -0.39 is 0 Å². The highest BCUT2D eigenvalue weighted by molar-refractivity contribution is 6.30. The van der Waals surface area contributed by atoms with Gasteiger partial charge in [-0.3, -0.25) is 9.59 Å². The summed E-state index contributed by atoms with van der Waals surface area (Å²) in [6.45, 7) is 3.21. The van der Waals surface area contributed by atoms with E-state index in [0.29, 0.717) is 30.3 Å². The van der Waals surface area contributed by atoms with Crippen molar-refractivity contribution in [1.29, 1.82) is 0 Å². The number of piperidine rings is 1. The molecule has 7 nitrogen and oxygen atoms in total. The van der Waals surface area contributed by atoms with Gasteiger partial charge in [0.15, 0.2) is 0 Å². The van der Waals surface area contributed by atoms with E-state index in [1.807, 2.05) is 39.8 Å². The van der Waals surface area contributed by atoms with Crippen LogP contribution in [0.1, 0.15) is 25.0 Å². The van der Waals surface area contributed by atoms with Crippen molar-refractivity contribution in [2.45, 2.75) is 25.8 Å². The minimum Gasteiger partial charge on any atom is -0.326 e. The molecule has 1 fully saturated rings. The first-order chi connectivity index (χ1) is 16.4. The number of amides is 3. The summed E-state index contributed by atoms with van der Waals surface area (Å²) < 4.78 is 1.88. The summed E-state index contributed by atoms with van der Waals surface area (Å²) in [6, 6.07) is 18.0. The van der Waals surface area contributed by atoms with E-state index in [1.54, 1.807) is 30.3 Å². The summed E-state index contributed by atoms with van der Waals surface area (Å²) >= 11 is 5.95. The number of hydrogen-bond acceptors (Lipinski definition) is 3. The molecular weight excluding hydrogens is 452 g/mol. The van der Waals surface area contributed by atoms with Crippen molar-refractivity contribution in [1.82, 2.24) is 9.47 Å². The number of rotatable bonds is 3. The molecule has 3 amide bonds. The van der Waals surface area contributed by atoms with Crippen LogP contribution >= 0.6 is 11.6 Å². The maximum atomic E-state index is 13.0. The Morgan fingerprint density at radius 3 is 2.26 bits per heavy atom. The lowest BCUT2D eigenvalue weighted by Crippen LogP contribution is -2.50. The predicted octanol–water partition coefficient (Wildman–Crippen LogP) is 4.78. The molecule has 2 bridgehead atoms. The first-order valence-corrected chi connectivity index (χ1v) is 11.7. The number of urea groups is 1. The number of halogens is 1. The Bertz CT molecular complexity index is 1300. The molecule has 2 aromatic carbocycles. The fourth-order valence-corrected chi connectivity index (χ4v) is 5.22. The molecule has 2 N–H and O–H groups in total. The molecule has 0 aliphatic carbocycles. The summed E-state index contributed by atoms with van der Waals surface area (Å²) in [5.41, 5.74) is 4.33. The monoisotopic (exact) mass is 476 g/mol. The van der Waals surface area contributed by atoms with Gasteiger partial charge in [0.1, 0.15) is 0 Å². The first-order valence-electron chi connectivity index (χ1n) is 11.3. The Hall–Kier alpha value is -3.58. The van der Waals surface area contributed by atoms with Gasteiger partial charge in [-0.15, -0.1) is 0 Å². The van der Waals surface area contributed by atoms with Crippen LogP contribution in [0.25, 0.3) is 11.1 Å². The van der Waals surface area contributed by atoms with Gasteiger partial charge in [0.05, 0.1) is 0 Å². The van der Waals surface area contributed by atoms with Gasteiger partial charge in [-0.25, -0.2) is 4.79 Å². The SMILES string of the molecule is CC(=O)Nc1ccc(-c2ccc(=O)n3c2[C@@H]2C[C@@H](CN(C(=O)Nc4ccc(Cl)cc4)C2)C3)cc1. The summed E-state index contributed by atoms with van der Waals surface area (Å²) in [4.78, 5) is 39.0. The molecule has 2 atom stereocenters. The number of fused-ring (bicyclic) bond motifs is 4. The molecule has 0 radical (unpaired) electrons. The summed E-state index contributed by atoms with van der Waals surface area (Å²) in [5, 5.41) is 6.35. The lowest BCUT2D eigenvalue weighted by atomic mass is 9.80. The summed E-state index contributed by atoms with van der Waals surface area (Å²) in [6.07, 6.45) is 0.936. The van der Waals surface area contributed by atoms with Gasteiger partial charge in [0.2, 0.25) is 5.91 Å². The van der Waals surface area contributed by atoms with Gasteiger partial charge in [0, 0.05) is 66.2 Å². The number of nitrogens with zero attached hydrogens (tertiary/aromatic N) is 2. The lowest BCUT2D eigenvalue weighted by Gasteiger charge is -2.43. The van der Waals surface area contributed by atoms with Crippen molar-refractivity contribution in [2.24, 2.45) is 5.92 Å². The molecule has 174 valence electrons. The molecule has 0 spiro atoms. The molecular formula is C26H25ClN4O3. The summed E-state index contributed by atoms with van der Waals surface area (Å²) in [5.74, 6) is 0.154. The minimum atomic E-state index is -0.148. The standard InChI is InChI=1S/C26H25ClN4O3/c1-16(32)28-21-6-2-18(3-7-21)23-10-11-24(33)31-14-17-12-19(25(23)31)15-30(13-17)26(34)29-22-8-4-20(27)5-9-22/h2-11,17,19H,12-15H2,1H3,(H,28,32)(H,29,34)/t17-,19+/m0/s1. The maximum Gasteiger partial charge on any atom is 0.321 e. The number of benzene rings is 2. The fraction of sp³-hybridized carbons (Fsp3) is 0.269. The molecule has 1 saturated heterocycles. The van der Waals surface area contributed by atoms with Crippen molar-refractivity contribution in [3.63, 3.8) is 0 Å². The first kappa shape index (κ1) is 22.2. The van der Waals surface area contributed by atoms with E-state index in [-0.39, 0.29) is 29.3 Å². The maximum absolute atomic E-state index is 13.0. The molecule has 0 saturated carbocycles. The van der Waals surface area contributed by atoms with E-state index >= 15 is 0 Å². The molecule has 3 heterocycles. The number of likely N-dealkylation sites (tertiary alicyclic amines) is 1. The largest absolute Gasteiger partial charge is 0.326 e. The minimum absolute atomic E-state index is 0.0117. The second-order valence-corrected chi connectivity index (χ2v) is 9.42. The number of carbonyl (C=O) groups excluding carboxylic acids is 2. The number of aromatic nitrogens is 1. The van der Waals surface area contributed by atoms with Crippen LogP contribution in [-0.2, 0) is 11.3 Å². The van der Waals surface area contributed by atoms with Crippen LogP contribution < -0.4 is 16.2 Å². The van der Waals surface area contributed by atoms with Crippen molar-refractivity contribution in [2.75, 3.05) is 23.7 Å². The van der Waals surface area contributed by atoms with Gasteiger partial charge in [-0.1, -0.05) is 23.7 Å². The predicted molar refractivity (Wildman–Crippen MR) is 133 cm³/mol. The number of carbonyl (C=O) groups is 2. The van der Waals surface area contributed by atoms with E-state index in [9.17, 15) is 14.4 Å². The quantitative estimate of drug-likeness (QED) is 0.570. The molecule has 8 heteroatoms. The van der Waals surface area contributed by atoms with Crippen LogP contribution in [0.5, 0.6) is 0 Å². The average molecular weight is 477 g/mol. The zero-order valence-corrected chi connectivity index (χ0v) is 19.5. The average Bonchev–Trinajstić information content (AvgIpc) is 2.81. The van der Waals surface area contributed by atoms with Gasteiger partial charge >= 0.3 is 6.03 Å². The van der Waals surface area contributed by atoms with Crippen LogP contribution in [0.3, 0.4) is 0 Å². The fourth-order valence-electron chi connectivity index (χ4n) is 5.10. The van der Waals surface area contributed by atoms with Crippen molar-refractivity contribution < 1.29 is 9.59 Å². The van der Waals surface area contributed by atoms with E-state index in [0.717, 1.165) is 28.9 Å².